The Bertz CT molecular complexity index is 993. The minimum absolute atomic E-state index is 0.0808. The molecule has 1 saturated heterocycles. The molecule has 2 aliphatic rings. The van der Waals surface area contributed by atoms with E-state index in [2.05, 4.69) is 50.2 Å². The molecule has 1 aliphatic heterocycles. The van der Waals surface area contributed by atoms with Crippen LogP contribution in [0.5, 0.6) is 0 Å². The summed E-state index contributed by atoms with van der Waals surface area (Å²) in [7, 11) is 0. The maximum atomic E-state index is 13.4. The predicted molar refractivity (Wildman–Crippen MR) is 112 cm³/mol. The fourth-order valence-corrected chi connectivity index (χ4v) is 5.09. The minimum atomic E-state index is 0.0808. The van der Waals surface area contributed by atoms with Crippen LogP contribution in [0.2, 0.25) is 0 Å². The van der Waals surface area contributed by atoms with Gasteiger partial charge >= 0.3 is 0 Å². The van der Waals surface area contributed by atoms with Gasteiger partial charge in [0.1, 0.15) is 0 Å². The molecule has 1 aromatic carbocycles. The highest BCUT2D eigenvalue weighted by molar-refractivity contribution is 6.00. The van der Waals surface area contributed by atoms with Gasteiger partial charge in [-0.3, -0.25) is 14.7 Å². The lowest BCUT2D eigenvalue weighted by Gasteiger charge is -2.53. The molecule has 5 rings (SSSR count). The van der Waals surface area contributed by atoms with Crippen LogP contribution in [-0.4, -0.2) is 55.5 Å². The van der Waals surface area contributed by atoms with Crippen molar-refractivity contribution in [2.45, 2.75) is 44.2 Å². The number of aromatic nitrogens is 3. The second-order valence-electron chi connectivity index (χ2n) is 8.38. The molecule has 150 valence electrons. The van der Waals surface area contributed by atoms with Gasteiger partial charge in [-0.1, -0.05) is 49.6 Å². The molecule has 0 unspecified atom stereocenters. The highest BCUT2D eigenvalue weighted by Crippen LogP contribution is 2.38. The van der Waals surface area contributed by atoms with Gasteiger partial charge < -0.3 is 4.90 Å². The van der Waals surface area contributed by atoms with E-state index in [-0.39, 0.29) is 11.4 Å². The third kappa shape index (κ3) is 3.42. The molecular weight excluding hydrogens is 362 g/mol. The van der Waals surface area contributed by atoms with Crippen LogP contribution in [0.1, 0.15) is 48.0 Å². The third-order valence-electron chi connectivity index (χ3n) is 6.64. The molecule has 6 heteroatoms. The lowest BCUT2D eigenvalue weighted by atomic mass is 9.78. The Morgan fingerprint density at radius 2 is 1.86 bits per heavy atom. The Balaban J connectivity index is 1.40. The summed E-state index contributed by atoms with van der Waals surface area (Å²) in [5.41, 5.74) is 2.87. The van der Waals surface area contributed by atoms with E-state index in [0.717, 1.165) is 31.7 Å². The van der Waals surface area contributed by atoms with Crippen LogP contribution in [0.15, 0.2) is 55.1 Å². The van der Waals surface area contributed by atoms with E-state index in [1.165, 1.54) is 37.7 Å². The van der Waals surface area contributed by atoms with Gasteiger partial charge in [0.25, 0.3) is 5.91 Å². The summed E-state index contributed by atoms with van der Waals surface area (Å²) in [6.45, 7) is 3.43. The van der Waals surface area contributed by atoms with Gasteiger partial charge in [0.15, 0.2) is 0 Å². The lowest BCUT2D eigenvalue weighted by molar-refractivity contribution is -0.0252. The maximum absolute atomic E-state index is 13.4. The van der Waals surface area contributed by atoms with E-state index in [9.17, 15) is 4.79 Å². The Hall–Kier alpha value is -2.73. The molecule has 0 N–H and O–H groups in total. The van der Waals surface area contributed by atoms with Crippen molar-refractivity contribution in [2.75, 3.05) is 19.6 Å². The highest BCUT2D eigenvalue weighted by Gasteiger charge is 2.43. The molecule has 29 heavy (non-hydrogen) atoms. The van der Waals surface area contributed by atoms with E-state index in [0.29, 0.717) is 5.56 Å². The van der Waals surface area contributed by atoms with Crippen molar-refractivity contribution in [3.63, 3.8) is 0 Å². The van der Waals surface area contributed by atoms with Crippen LogP contribution in [0, 0.1) is 0 Å². The van der Waals surface area contributed by atoms with E-state index < -0.39 is 0 Å². The number of benzene rings is 1. The van der Waals surface area contributed by atoms with Crippen LogP contribution >= 0.6 is 0 Å². The largest absolute Gasteiger partial charge is 0.335 e. The zero-order chi connectivity index (χ0) is 19.7. The Morgan fingerprint density at radius 3 is 2.69 bits per heavy atom. The molecule has 2 aromatic heterocycles. The Kier molecular flexibility index (Phi) is 4.79. The van der Waals surface area contributed by atoms with E-state index in [1.54, 1.807) is 29.3 Å². The van der Waals surface area contributed by atoms with Crippen molar-refractivity contribution in [2.24, 2.45) is 0 Å². The number of hydrogen-bond acceptors (Lipinski definition) is 4. The molecule has 6 nitrogen and oxygen atoms in total. The summed E-state index contributed by atoms with van der Waals surface area (Å²) in [6, 6.07) is 10.7. The van der Waals surface area contributed by atoms with Crippen molar-refractivity contribution in [1.82, 2.24) is 24.4 Å². The number of rotatable bonds is 3. The number of hydrogen-bond donors (Lipinski definition) is 0. The first-order chi connectivity index (χ1) is 14.3. The van der Waals surface area contributed by atoms with Crippen LogP contribution in [0.4, 0.5) is 0 Å². The number of piperazine rings is 1. The zero-order valence-electron chi connectivity index (χ0n) is 16.7. The van der Waals surface area contributed by atoms with Crippen molar-refractivity contribution in [3.05, 3.63) is 66.2 Å². The Labute approximate surface area is 171 Å². The SMILES string of the molecule is O=C(c1cnn2ccncc12)N1CCN(Cc2ccccc2)C2(CCCCC2)C1. The van der Waals surface area contributed by atoms with Crippen LogP contribution in [0.3, 0.4) is 0 Å². The average Bonchev–Trinajstić information content (AvgIpc) is 3.20. The van der Waals surface area contributed by atoms with Crippen molar-refractivity contribution in [1.29, 1.82) is 0 Å². The zero-order valence-corrected chi connectivity index (χ0v) is 16.7. The van der Waals surface area contributed by atoms with E-state index in [1.807, 2.05) is 0 Å². The van der Waals surface area contributed by atoms with Gasteiger partial charge in [0, 0.05) is 44.1 Å². The van der Waals surface area contributed by atoms with Crippen molar-refractivity contribution >= 4 is 11.4 Å². The summed E-state index contributed by atoms with van der Waals surface area (Å²) in [4.78, 5) is 22.3. The topological polar surface area (TPSA) is 53.7 Å². The van der Waals surface area contributed by atoms with Crippen LogP contribution in [0.25, 0.3) is 5.52 Å². The number of carbonyl (C=O) groups excluding carboxylic acids is 1. The Morgan fingerprint density at radius 1 is 1.03 bits per heavy atom. The van der Waals surface area contributed by atoms with E-state index >= 15 is 0 Å². The van der Waals surface area contributed by atoms with Gasteiger partial charge in [-0.25, -0.2) is 4.52 Å². The summed E-state index contributed by atoms with van der Waals surface area (Å²) >= 11 is 0. The van der Waals surface area contributed by atoms with Crippen molar-refractivity contribution in [3.8, 4) is 0 Å². The van der Waals surface area contributed by atoms with Gasteiger partial charge in [0.2, 0.25) is 0 Å². The molecule has 2 fully saturated rings. The second kappa shape index (κ2) is 7.59. The molecule has 0 radical (unpaired) electrons. The molecular formula is C23H27N5O. The second-order valence-corrected chi connectivity index (χ2v) is 8.38. The van der Waals surface area contributed by atoms with Crippen LogP contribution < -0.4 is 0 Å². The predicted octanol–water partition coefficient (Wildman–Crippen LogP) is 3.39. The number of fused-ring (bicyclic) bond motifs is 1. The molecule has 0 atom stereocenters. The van der Waals surface area contributed by atoms with Gasteiger partial charge in [-0.15, -0.1) is 0 Å². The normalized spacial score (nSPS) is 19.7. The molecule has 1 saturated carbocycles. The van der Waals surface area contributed by atoms with E-state index in [4.69, 9.17) is 0 Å². The fourth-order valence-electron chi connectivity index (χ4n) is 5.09. The fraction of sp³-hybridized carbons (Fsp3) is 0.435. The quantitative estimate of drug-likeness (QED) is 0.689. The smallest absolute Gasteiger partial charge is 0.257 e. The van der Waals surface area contributed by atoms with Gasteiger partial charge in [0.05, 0.1) is 23.5 Å². The molecule has 1 amide bonds. The molecule has 1 spiro atoms. The molecule has 1 aliphatic carbocycles. The highest BCUT2D eigenvalue weighted by atomic mass is 16.2. The number of carbonyl (C=O) groups is 1. The summed E-state index contributed by atoms with van der Waals surface area (Å²) in [5, 5.41) is 4.33. The molecule has 3 aromatic rings. The van der Waals surface area contributed by atoms with Gasteiger partial charge in [-0.05, 0) is 18.4 Å². The maximum Gasteiger partial charge on any atom is 0.257 e. The first kappa shape index (κ1) is 18.3. The first-order valence-corrected chi connectivity index (χ1v) is 10.6. The molecule has 0 bridgehead atoms. The minimum Gasteiger partial charge on any atom is -0.335 e. The summed E-state index contributed by atoms with van der Waals surface area (Å²) < 4.78 is 1.72. The number of amides is 1. The monoisotopic (exact) mass is 389 g/mol. The molecule has 3 heterocycles. The average molecular weight is 390 g/mol. The van der Waals surface area contributed by atoms with Gasteiger partial charge in [-0.2, -0.15) is 5.10 Å². The third-order valence-corrected chi connectivity index (χ3v) is 6.64. The summed E-state index contributed by atoms with van der Waals surface area (Å²) in [5.74, 6) is 0.0808. The standard InChI is InChI=1S/C23H27N5O/c29-22(20-15-25-28-12-11-24-16-21(20)28)26-13-14-27(17-19-7-3-1-4-8-19)23(18-26)9-5-2-6-10-23/h1,3-4,7-8,11-12,15-16H,2,5-6,9-10,13-14,17-18H2. The number of nitrogens with zero attached hydrogens (tertiary/aromatic N) is 5. The van der Waals surface area contributed by atoms with Crippen molar-refractivity contribution < 1.29 is 4.79 Å². The lowest BCUT2D eigenvalue weighted by Crippen LogP contribution is -2.63. The van der Waals surface area contributed by atoms with Crippen LogP contribution in [-0.2, 0) is 6.54 Å². The summed E-state index contributed by atoms with van der Waals surface area (Å²) in [6.07, 6.45) is 13.0. The first-order valence-electron chi connectivity index (χ1n) is 10.6.